The van der Waals surface area contributed by atoms with E-state index in [1.807, 2.05) is 0 Å². The van der Waals surface area contributed by atoms with Crippen molar-refractivity contribution in [1.82, 2.24) is 5.32 Å². The van der Waals surface area contributed by atoms with E-state index in [0.29, 0.717) is 26.2 Å². The highest BCUT2D eigenvalue weighted by atomic mass is 32.2. The Labute approximate surface area is 122 Å². The molecule has 0 aliphatic carbocycles. The zero-order valence-electron chi connectivity index (χ0n) is 11.3. The number of thioether (sulfide) groups is 1. The van der Waals surface area contributed by atoms with E-state index in [4.69, 9.17) is 9.84 Å². The highest BCUT2D eigenvalue weighted by Crippen LogP contribution is 2.13. The molecule has 0 radical (unpaired) electrons. The lowest BCUT2D eigenvalue weighted by atomic mass is 10.2. The molecule has 1 aromatic carbocycles. The van der Waals surface area contributed by atoms with Crippen molar-refractivity contribution >= 4 is 17.7 Å². The van der Waals surface area contributed by atoms with Crippen molar-refractivity contribution in [2.75, 3.05) is 32.1 Å². The van der Waals surface area contributed by atoms with Crippen molar-refractivity contribution in [3.63, 3.8) is 0 Å². The Bertz CT molecular complexity index is 387. The van der Waals surface area contributed by atoms with E-state index >= 15 is 0 Å². The van der Waals surface area contributed by atoms with Gasteiger partial charge in [-0.1, -0.05) is 12.1 Å². The van der Waals surface area contributed by atoms with Crippen molar-refractivity contribution in [3.8, 4) is 0 Å². The number of rotatable bonds is 10. The second kappa shape index (κ2) is 10.7. The molecule has 0 unspecified atom stereocenters. The van der Waals surface area contributed by atoms with Crippen molar-refractivity contribution < 1.29 is 19.0 Å². The van der Waals surface area contributed by atoms with Gasteiger partial charge in [-0.05, 0) is 17.7 Å². The van der Waals surface area contributed by atoms with Gasteiger partial charge in [-0.25, -0.2) is 4.39 Å². The summed E-state index contributed by atoms with van der Waals surface area (Å²) in [4.78, 5) is 11.5. The summed E-state index contributed by atoms with van der Waals surface area (Å²) in [7, 11) is 0. The molecule has 0 saturated carbocycles. The van der Waals surface area contributed by atoms with E-state index in [1.165, 1.54) is 12.1 Å². The number of carbonyl (C=O) groups excluding carboxylic acids is 1. The van der Waals surface area contributed by atoms with Crippen LogP contribution in [0, 0.1) is 5.82 Å². The van der Waals surface area contributed by atoms with Crippen LogP contribution in [0.15, 0.2) is 24.3 Å². The summed E-state index contributed by atoms with van der Waals surface area (Å²) < 4.78 is 17.7. The zero-order valence-corrected chi connectivity index (χ0v) is 12.1. The van der Waals surface area contributed by atoms with Gasteiger partial charge in [0, 0.05) is 24.5 Å². The third-order valence-corrected chi connectivity index (χ3v) is 3.49. The highest BCUT2D eigenvalue weighted by Gasteiger charge is 2.01. The topological polar surface area (TPSA) is 58.6 Å². The first-order valence-corrected chi connectivity index (χ1v) is 7.65. The molecule has 0 bridgehead atoms. The van der Waals surface area contributed by atoms with Gasteiger partial charge in [0.05, 0.1) is 19.8 Å². The van der Waals surface area contributed by atoms with Gasteiger partial charge in [-0.3, -0.25) is 4.79 Å². The Morgan fingerprint density at radius 2 is 2.05 bits per heavy atom. The van der Waals surface area contributed by atoms with Crippen LogP contribution in [0.4, 0.5) is 4.39 Å². The molecule has 1 rings (SSSR count). The number of hydrogen-bond acceptors (Lipinski definition) is 4. The van der Waals surface area contributed by atoms with Crippen LogP contribution in [0.25, 0.3) is 0 Å². The van der Waals surface area contributed by atoms with Crippen molar-refractivity contribution in [2.24, 2.45) is 0 Å². The third-order valence-electron chi connectivity index (χ3n) is 2.46. The smallest absolute Gasteiger partial charge is 0.220 e. The van der Waals surface area contributed by atoms with Gasteiger partial charge in [0.1, 0.15) is 5.82 Å². The molecule has 0 heterocycles. The number of benzene rings is 1. The average Bonchev–Trinajstić information content (AvgIpc) is 2.45. The standard InChI is InChI=1S/C14H20FNO3S/c15-13-3-1-12(2-4-13)11-20-10-5-14(18)16-6-8-19-9-7-17/h1-4,17H,5-11H2,(H,16,18). The molecule has 4 nitrogen and oxygen atoms in total. The molecule has 0 aromatic heterocycles. The monoisotopic (exact) mass is 301 g/mol. The SMILES string of the molecule is O=C(CCSCc1ccc(F)cc1)NCCOCCO. The van der Waals surface area contributed by atoms with Crippen molar-refractivity contribution in [2.45, 2.75) is 12.2 Å². The number of aliphatic hydroxyl groups excluding tert-OH is 1. The van der Waals surface area contributed by atoms with E-state index in [1.54, 1.807) is 23.9 Å². The fraction of sp³-hybridized carbons (Fsp3) is 0.500. The second-order valence-corrected chi connectivity index (χ2v) is 5.22. The summed E-state index contributed by atoms with van der Waals surface area (Å²) in [5.41, 5.74) is 1.05. The number of hydrogen-bond donors (Lipinski definition) is 2. The van der Waals surface area contributed by atoms with E-state index in [9.17, 15) is 9.18 Å². The van der Waals surface area contributed by atoms with E-state index in [-0.39, 0.29) is 18.3 Å². The van der Waals surface area contributed by atoms with Crippen LogP contribution in [0.3, 0.4) is 0 Å². The minimum absolute atomic E-state index is 0.00598. The number of halogens is 1. The van der Waals surface area contributed by atoms with E-state index < -0.39 is 0 Å². The maximum atomic E-state index is 12.7. The molecule has 0 atom stereocenters. The van der Waals surface area contributed by atoms with Gasteiger partial charge < -0.3 is 15.2 Å². The maximum absolute atomic E-state index is 12.7. The summed E-state index contributed by atoms with van der Waals surface area (Å²) in [6, 6.07) is 6.38. The molecule has 20 heavy (non-hydrogen) atoms. The van der Waals surface area contributed by atoms with Crippen LogP contribution < -0.4 is 5.32 Å². The predicted molar refractivity (Wildman–Crippen MR) is 78.1 cm³/mol. The Balaban J connectivity index is 2.00. The van der Waals surface area contributed by atoms with E-state index in [2.05, 4.69) is 5.32 Å². The van der Waals surface area contributed by atoms with Crippen LogP contribution >= 0.6 is 11.8 Å². The van der Waals surface area contributed by atoms with Gasteiger partial charge in [0.2, 0.25) is 5.91 Å². The lowest BCUT2D eigenvalue weighted by molar-refractivity contribution is -0.120. The van der Waals surface area contributed by atoms with Gasteiger partial charge in [-0.15, -0.1) is 0 Å². The second-order valence-electron chi connectivity index (χ2n) is 4.11. The molecule has 1 aromatic rings. The number of nitrogens with one attached hydrogen (secondary N) is 1. The Morgan fingerprint density at radius 3 is 2.75 bits per heavy atom. The third kappa shape index (κ3) is 8.14. The van der Waals surface area contributed by atoms with Crippen LogP contribution in [0.5, 0.6) is 0 Å². The van der Waals surface area contributed by atoms with Gasteiger partial charge >= 0.3 is 0 Å². The first-order chi connectivity index (χ1) is 9.72. The molecular weight excluding hydrogens is 281 g/mol. The average molecular weight is 301 g/mol. The van der Waals surface area contributed by atoms with Crippen LogP contribution in [-0.4, -0.2) is 43.1 Å². The Morgan fingerprint density at radius 1 is 1.30 bits per heavy atom. The summed E-state index contributed by atoms with van der Waals surface area (Å²) in [5.74, 6) is 1.25. The lowest BCUT2D eigenvalue weighted by Crippen LogP contribution is -2.27. The van der Waals surface area contributed by atoms with Gasteiger partial charge in [0.25, 0.3) is 0 Å². The predicted octanol–water partition coefficient (Wildman–Crippen LogP) is 1.57. The number of amides is 1. The molecule has 0 fully saturated rings. The van der Waals surface area contributed by atoms with Gasteiger partial charge in [0.15, 0.2) is 0 Å². The quantitative estimate of drug-likeness (QED) is 0.644. The highest BCUT2D eigenvalue weighted by molar-refractivity contribution is 7.98. The van der Waals surface area contributed by atoms with Crippen LogP contribution in [0.1, 0.15) is 12.0 Å². The molecule has 1 amide bonds. The summed E-state index contributed by atoms with van der Waals surface area (Å²) in [6.45, 7) is 1.16. The lowest BCUT2D eigenvalue weighted by Gasteiger charge is -2.05. The number of ether oxygens (including phenoxy) is 1. The van der Waals surface area contributed by atoms with Crippen molar-refractivity contribution in [3.05, 3.63) is 35.6 Å². The van der Waals surface area contributed by atoms with Crippen molar-refractivity contribution in [1.29, 1.82) is 0 Å². The Kier molecular flexibility index (Phi) is 9.02. The van der Waals surface area contributed by atoms with Gasteiger partial charge in [-0.2, -0.15) is 11.8 Å². The molecular formula is C14H20FNO3S. The Hall–Kier alpha value is -1.11. The summed E-state index contributed by atoms with van der Waals surface area (Å²) >= 11 is 1.64. The first kappa shape index (κ1) is 16.9. The fourth-order valence-corrected chi connectivity index (χ4v) is 2.36. The largest absolute Gasteiger partial charge is 0.394 e. The zero-order chi connectivity index (χ0) is 14.6. The van der Waals surface area contributed by atoms with Crippen LogP contribution in [0.2, 0.25) is 0 Å². The van der Waals surface area contributed by atoms with Crippen LogP contribution in [-0.2, 0) is 15.3 Å². The maximum Gasteiger partial charge on any atom is 0.220 e. The molecule has 0 aliphatic rings. The normalized spacial score (nSPS) is 10.5. The summed E-state index contributed by atoms with van der Waals surface area (Å²) in [6.07, 6.45) is 0.450. The molecule has 6 heteroatoms. The number of aliphatic hydroxyl groups is 1. The minimum atomic E-state index is -0.235. The fourth-order valence-electron chi connectivity index (χ4n) is 1.45. The molecule has 0 spiro atoms. The first-order valence-electron chi connectivity index (χ1n) is 6.50. The molecule has 0 aliphatic heterocycles. The summed E-state index contributed by atoms with van der Waals surface area (Å²) in [5, 5.41) is 11.2. The minimum Gasteiger partial charge on any atom is -0.394 e. The molecule has 0 saturated heterocycles. The van der Waals surface area contributed by atoms with E-state index in [0.717, 1.165) is 17.1 Å². The molecule has 2 N–H and O–H groups in total. The molecule has 112 valence electrons. The number of carbonyl (C=O) groups is 1.